The molecule has 0 fully saturated rings. The van der Waals surface area contributed by atoms with Crippen molar-refractivity contribution < 1.29 is 9.53 Å². The van der Waals surface area contributed by atoms with Gasteiger partial charge in [0.1, 0.15) is 5.69 Å². The zero-order chi connectivity index (χ0) is 12.2. The molecule has 4 nitrogen and oxygen atoms in total. The van der Waals surface area contributed by atoms with Gasteiger partial charge in [-0.2, -0.15) is 0 Å². The van der Waals surface area contributed by atoms with Crippen LogP contribution < -0.4 is 0 Å². The van der Waals surface area contributed by atoms with Gasteiger partial charge in [-0.05, 0) is 38.8 Å². The van der Waals surface area contributed by atoms with E-state index in [0.29, 0.717) is 5.69 Å². The van der Waals surface area contributed by atoms with Crippen molar-refractivity contribution in [1.29, 1.82) is 0 Å². The monoisotopic (exact) mass is 218 g/mol. The van der Waals surface area contributed by atoms with Crippen LogP contribution in [-0.4, -0.2) is 23.3 Å². The Bertz CT molecular complexity index is 433. The van der Waals surface area contributed by atoms with Gasteiger partial charge < -0.3 is 4.74 Å². The minimum Gasteiger partial charge on any atom is -0.464 e. The van der Waals surface area contributed by atoms with Crippen molar-refractivity contribution in [3.8, 4) is 11.8 Å². The highest BCUT2D eigenvalue weighted by molar-refractivity contribution is 5.86. The molecule has 0 radical (unpaired) electrons. The Hall–Kier alpha value is -1.89. The third-order valence-corrected chi connectivity index (χ3v) is 1.62. The lowest BCUT2D eigenvalue weighted by atomic mass is 9.98. The minimum absolute atomic E-state index is 0.0807. The van der Waals surface area contributed by atoms with E-state index < -0.39 is 5.97 Å². The molecule has 0 spiro atoms. The quantitative estimate of drug-likeness (QED) is 0.531. The number of rotatable bonds is 1. The topological polar surface area (TPSA) is 52.1 Å². The van der Waals surface area contributed by atoms with E-state index in [1.54, 1.807) is 12.1 Å². The zero-order valence-electron chi connectivity index (χ0n) is 9.87. The van der Waals surface area contributed by atoms with E-state index >= 15 is 0 Å². The molecule has 1 rings (SSSR count). The largest absolute Gasteiger partial charge is 0.464 e. The molecule has 0 aliphatic rings. The van der Waals surface area contributed by atoms with Crippen molar-refractivity contribution in [3.05, 3.63) is 23.5 Å². The first-order valence-corrected chi connectivity index (χ1v) is 4.87. The van der Waals surface area contributed by atoms with Crippen molar-refractivity contribution in [3.63, 3.8) is 0 Å². The van der Waals surface area contributed by atoms with Crippen LogP contribution in [0.1, 0.15) is 37.0 Å². The summed E-state index contributed by atoms with van der Waals surface area (Å²) in [5.74, 6) is 5.43. The number of methoxy groups -OCH3 is 1. The van der Waals surface area contributed by atoms with Crippen LogP contribution in [0.25, 0.3) is 0 Å². The molecule has 1 aromatic rings. The van der Waals surface area contributed by atoms with Crippen LogP contribution in [0.3, 0.4) is 0 Å². The molecule has 0 bridgehead atoms. The molecule has 0 saturated heterocycles. The second-order valence-corrected chi connectivity index (χ2v) is 4.30. The van der Waals surface area contributed by atoms with E-state index in [0.717, 1.165) is 0 Å². The Labute approximate surface area is 95.0 Å². The predicted octanol–water partition coefficient (Wildman–Crippen LogP) is 1.66. The summed E-state index contributed by atoms with van der Waals surface area (Å²) in [6.45, 7) is 6.03. The normalized spacial score (nSPS) is 10.2. The van der Waals surface area contributed by atoms with Crippen molar-refractivity contribution in [1.82, 2.24) is 10.2 Å². The molecule has 0 saturated carbocycles. The number of hydrogen-bond acceptors (Lipinski definition) is 4. The average molecular weight is 218 g/mol. The van der Waals surface area contributed by atoms with Crippen LogP contribution in [0, 0.1) is 17.3 Å². The van der Waals surface area contributed by atoms with Gasteiger partial charge in [0.2, 0.25) is 0 Å². The number of nitrogens with zero attached hydrogens (tertiary/aromatic N) is 2. The minimum atomic E-state index is -0.497. The Kier molecular flexibility index (Phi) is 3.62. The molecule has 16 heavy (non-hydrogen) atoms. The number of hydrogen-bond donors (Lipinski definition) is 0. The molecule has 0 aromatic carbocycles. The van der Waals surface area contributed by atoms with Gasteiger partial charge in [-0.25, -0.2) is 4.79 Å². The Morgan fingerprint density at radius 3 is 2.44 bits per heavy atom. The third-order valence-electron chi connectivity index (χ3n) is 1.62. The molecule has 0 aliphatic carbocycles. The Morgan fingerprint density at radius 1 is 1.31 bits per heavy atom. The van der Waals surface area contributed by atoms with Crippen molar-refractivity contribution >= 4 is 5.97 Å². The zero-order valence-corrected chi connectivity index (χ0v) is 9.87. The fourth-order valence-corrected chi connectivity index (χ4v) is 0.864. The fraction of sp³-hybridized carbons (Fsp3) is 0.417. The molecule has 4 heteroatoms. The van der Waals surface area contributed by atoms with Crippen LogP contribution in [0.4, 0.5) is 0 Å². The maximum atomic E-state index is 11.1. The van der Waals surface area contributed by atoms with Crippen LogP contribution in [0.15, 0.2) is 12.1 Å². The van der Waals surface area contributed by atoms with Gasteiger partial charge in [0.15, 0.2) is 5.69 Å². The van der Waals surface area contributed by atoms with E-state index in [1.807, 2.05) is 20.8 Å². The standard InChI is InChI=1S/C12H14N2O2/c1-12(2,3)8-7-9-5-6-10(14-13-9)11(15)16-4/h5-6H,1-4H3. The Morgan fingerprint density at radius 2 is 2.00 bits per heavy atom. The molecule has 0 aliphatic heterocycles. The van der Waals surface area contributed by atoms with Gasteiger partial charge in [-0.3, -0.25) is 0 Å². The summed E-state index contributed by atoms with van der Waals surface area (Å²) in [6, 6.07) is 3.20. The number of carbonyl (C=O) groups excluding carboxylic acids is 1. The molecular formula is C12H14N2O2. The smallest absolute Gasteiger partial charge is 0.358 e. The first kappa shape index (κ1) is 12.2. The second-order valence-electron chi connectivity index (χ2n) is 4.30. The fourth-order valence-electron chi connectivity index (χ4n) is 0.864. The maximum Gasteiger partial charge on any atom is 0.358 e. The molecule has 0 atom stereocenters. The van der Waals surface area contributed by atoms with Crippen LogP contribution in [-0.2, 0) is 4.74 Å². The van der Waals surface area contributed by atoms with Crippen molar-refractivity contribution in [2.24, 2.45) is 5.41 Å². The molecule has 1 heterocycles. The van der Waals surface area contributed by atoms with E-state index in [-0.39, 0.29) is 11.1 Å². The highest BCUT2D eigenvalue weighted by Crippen LogP contribution is 2.10. The van der Waals surface area contributed by atoms with Crippen LogP contribution in [0.5, 0.6) is 0 Å². The van der Waals surface area contributed by atoms with Crippen molar-refractivity contribution in [2.45, 2.75) is 20.8 Å². The molecule has 84 valence electrons. The van der Waals surface area contributed by atoms with Gasteiger partial charge in [-0.1, -0.05) is 5.92 Å². The van der Waals surface area contributed by atoms with Gasteiger partial charge in [0, 0.05) is 5.41 Å². The van der Waals surface area contributed by atoms with Gasteiger partial charge in [0.25, 0.3) is 0 Å². The first-order valence-electron chi connectivity index (χ1n) is 4.87. The summed E-state index contributed by atoms with van der Waals surface area (Å²) in [5, 5.41) is 7.55. The summed E-state index contributed by atoms with van der Waals surface area (Å²) in [4.78, 5) is 11.1. The van der Waals surface area contributed by atoms with Gasteiger partial charge >= 0.3 is 5.97 Å². The molecule has 0 N–H and O–H groups in total. The molecule has 0 unspecified atom stereocenters. The Balaban J connectivity index is 2.87. The molecule has 0 amide bonds. The predicted molar refractivity (Wildman–Crippen MR) is 59.7 cm³/mol. The van der Waals surface area contributed by atoms with Crippen LogP contribution in [0.2, 0.25) is 0 Å². The highest BCUT2D eigenvalue weighted by Gasteiger charge is 2.07. The summed E-state index contributed by atoms with van der Waals surface area (Å²) < 4.78 is 4.51. The summed E-state index contributed by atoms with van der Waals surface area (Å²) in [5.41, 5.74) is 0.647. The number of aromatic nitrogens is 2. The SMILES string of the molecule is COC(=O)c1ccc(C#CC(C)(C)C)nn1. The van der Waals surface area contributed by atoms with Crippen LogP contribution >= 0.6 is 0 Å². The molecular weight excluding hydrogens is 204 g/mol. The summed E-state index contributed by atoms with van der Waals surface area (Å²) in [7, 11) is 1.30. The summed E-state index contributed by atoms with van der Waals surface area (Å²) >= 11 is 0. The van der Waals surface area contributed by atoms with E-state index in [4.69, 9.17) is 0 Å². The van der Waals surface area contributed by atoms with E-state index in [2.05, 4.69) is 26.8 Å². The van der Waals surface area contributed by atoms with Crippen molar-refractivity contribution in [2.75, 3.05) is 7.11 Å². The van der Waals surface area contributed by atoms with Gasteiger partial charge in [0.05, 0.1) is 7.11 Å². The number of ether oxygens (including phenoxy) is 1. The second kappa shape index (κ2) is 4.75. The maximum absolute atomic E-state index is 11.1. The lowest BCUT2D eigenvalue weighted by molar-refractivity contribution is 0.0592. The summed E-state index contributed by atoms with van der Waals surface area (Å²) in [6.07, 6.45) is 0. The first-order chi connectivity index (χ1) is 7.42. The number of carbonyl (C=O) groups is 1. The lowest BCUT2D eigenvalue weighted by Crippen LogP contribution is -2.06. The highest BCUT2D eigenvalue weighted by atomic mass is 16.5. The van der Waals surface area contributed by atoms with E-state index in [1.165, 1.54) is 7.11 Å². The average Bonchev–Trinajstić information content (AvgIpc) is 2.25. The number of esters is 1. The third kappa shape index (κ3) is 3.70. The molecule has 1 aromatic heterocycles. The van der Waals surface area contributed by atoms with Gasteiger partial charge in [-0.15, -0.1) is 10.2 Å². The lowest BCUT2D eigenvalue weighted by Gasteiger charge is -2.06. The van der Waals surface area contributed by atoms with E-state index in [9.17, 15) is 4.79 Å².